The first-order valence-corrected chi connectivity index (χ1v) is 7.50. The van der Waals surface area contributed by atoms with Gasteiger partial charge in [0.1, 0.15) is 30.8 Å². The highest BCUT2D eigenvalue weighted by Crippen LogP contribution is 2.11. The van der Waals surface area contributed by atoms with Crippen LogP contribution in [-0.4, -0.2) is 37.5 Å². The van der Waals surface area contributed by atoms with Crippen molar-refractivity contribution in [3.8, 4) is 11.5 Å². The first-order valence-electron chi connectivity index (χ1n) is 7.50. The average Bonchev–Trinajstić information content (AvgIpc) is 2.54. The standard InChI is InChI=1S/C18H23NO3/c1-15-6-5-9-18(12-15)21-11-10-19-13-16(20)14-22-17-7-3-2-4-8-17/h2-9,12,16,19-20H,10-11,13-14H2,1H3/t16-/m0/s1. The second kappa shape index (κ2) is 9.07. The molecular formula is C18H23NO3. The summed E-state index contributed by atoms with van der Waals surface area (Å²) in [7, 11) is 0. The first-order chi connectivity index (χ1) is 10.7. The van der Waals surface area contributed by atoms with Crippen molar-refractivity contribution in [3.05, 3.63) is 60.2 Å². The van der Waals surface area contributed by atoms with Crippen LogP contribution in [0.1, 0.15) is 5.56 Å². The van der Waals surface area contributed by atoms with Crippen LogP contribution in [0.5, 0.6) is 11.5 Å². The van der Waals surface area contributed by atoms with Gasteiger partial charge in [-0.2, -0.15) is 0 Å². The fourth-order valence-electron chi connectivity index (χ4n) is 1.98. The molecule has 0 saturated heterocycles. The van der Waals surface area contributed by atoms with Gasteiger partial charge in [-0.3, -0.25) is 0 Å². The molecule has 22 heavy (non-hydrogen) atoms. The maximum atomic E-state index is 9.83. The number of rotatable bonds is 9. The van der Waals surface area contributed by atoms with Crippen LogP contribution in [0.4, 0.5) is 0 Å². The normalized spacial score (nSPS) is 11.9. The summed E-state index contributed by atoms with van der Waals surface area (Å²) in [5, 5.41) is 13.0. The van der Waals surface area contributed by atoms with Gasteiger partial charge in [-0.15, -0.1) is 0 Å². The van der Waals surface area contributed by atoms with E-state index in [0.29, 0.717) is 19.7 Å². The molecule has 1 atom stereocenters. The van der Waals surface area contributed by atoms with Crippen LogP contribution >= 0.6 is 0 Å². The third kappa shape index (κ3) is 6.16. The van der Waals surface area contributed by atoms with Crippen molar-refractivity contribution in [2.75, 3.05) is 26.3 Å². The third-order valence-electron chi connectivity index (χ3n) is 3.10. The Labute approximate surface area is 131 Å². The van der Waals surface area contributed by atoms with Crippen molar-refractivity contribution in [2.45, 2.75) is 13.0 Å². The Hall–Kier alpha value is -2.04. The predicted octanol–water partition coefficient (Wildman–Crippen LogP) is 2.40. The highest BCUT2D eigenvalue weighted by Gasteiger charge is 2.04. The summed E-state index contributed by atoms with van der Waals surface area (Å²) in [6, 6.07) is 17.4. The van der Waals surface area contributed by atoms with Crippen molar-refractivity contribution >= 4 is 0 Å². The van der Waals surface area contributed by atoms with E-state index in [-0.39, 0.29) is 6.61 Å². The summed E-state index contributed by atoms with van der Waals surface area (Å²) in [5.74, 6) is 1.64. The van der Waals surface area contributed by atoms with E-state index in [1.807, 2.05) is 61.5 Å². The number of nitrogens with one attached hydrogen (secondary N) is 1. The number of benzene rings is 2. The minimum atomic E-state index is -0.542. The zero-order chi connectivity index (χ0) is 15.6. The molecule has 0 aromatic heterocycles. The molecular weight excluding hydrogens is 278 g/mol. The summed E-state index contributed by atoms with van der Waals surface area (Å²) in [6.45, 7) is 4.03. The van der Waals surface area contributed by atoms with E-state index in [9.17, 15) is 5.11 Å². The molecule has 0 heterocycles. The van der Waals surface area contributed by atoms with Crippen LogP contribution in [0.25, 0.3) is 0 Å². The molecule has 0 unspecified atom stereocenters. The fourth-order valence-corrected chi connectivity index (χ4v) is 1.98. The van der Waals surface area contributed by atoms with Crippen molar-refractivity contribution in [1.82, 2.24) is 5.32 Å². The quantitative estimate of drug-likeness (QED) is 0.698. The Balaban J connectivity index is 1.54. The molecule has 2 aromatic carbocycles. The summed E-state index contributed by atoms with van der Waals surface area (Å²) in [4.78, 5) is 0. The van der Waals surface area contributed by atoms with Crippen LogP contribution < -0.4 is 14.8 Å². The van der Waals surface area contributed by atoms with Crippen molar-refractivity contribution in [2.24, 2.45) is 0 Å². The smallest absolute Gasteiger partial charge is 0.119 e. The number of para-hydroxylation sites is 1. The molecule has 0 aliphatic rings. The van der Waals surface area contributed by atoms with E-state index < -0.39 is 6.10 Å². The van der Waals surface area contributed by atoms with Gasteiger partial charge in [0, 0.05) is 13.1 Å². The van der Waals surface area contributed by atoms with E-state index in [1.54, 1.807) is 0 Å². The van der Waals surface area contributed by atoms with Gasteiger partial charge in [0.2, 0.25) is 0 Å². The maximum absolute atomic E-state index is 9.83. The van der Waals surface area contributed by atoms with Crippen LogP contribution in [-0.2, 0) is 0 Å². The molecule has 0 aliphatic heterocycles. The molecule has 2 rings (SSSR count). The summed E-state index contributed by atoms with van der Waals surface area (Å²) < 4.78 is 11.1. The Bertz CT molecular complexity index is 545. The number of hydrogen-bond donors (Lipinski definition) is 2. The summed E-state index contributed by atoms with van der Waals surface area (Å²) in [5.41, 5.74) is 1.18. The molecule has 0 bridgehead atoms. The minimum absolute atomic E-state index is 0.274. The monoisotopic (exact) mass is 301 g/mol. The van der Waals surface area contributed by atoms with Crippen LogP contribution in [0.2, 0.25) is 0 Å². The molecule has 0 aliphatic carbocycles. The second-order valence-corrected chi connectivity index (χ2v) is 5.15. The van der Waals surface area contributed by atoms with Crippen LogP contribution in [0.3, 0.4) is 0 Å². The lowest BCUT2D eigenvalue weighted by molar-refractivity contribution is 0.105. The number of aliphatic hydroxyl groups is 1. The predicted molar refractivity (Wildman–Crippen MR) is 87.5 cm³/mol. The van der Waals surface area contributed by atoms with Gasteiger partial charge in [-0.05, 0) is 36.8 Å². The number of ether oxygens (including phenoxy) is 2. The molecule has 2 aromatic rings. The highest BCUT2D eigenvalue weighted by atomic mass is 16.5. The molecule has 0 spiro atoms. The molecule has 2 N–H and O–H groups in total. The van der Waals surface area contributed by atoms with Crippen molar-refractivity contribution < 1.29 is 14.6 Å². The Morgan fingerprint density at radius 3 is 2.55 bits per heavy atom. The lowest BCUT2D eigenvalue weighted by Crippen LogP contribution is -2.33. The van der Waals surface area contributed by atoms with Crippen LogP contribution in [0, 0.1) is 6.92 Å². The Morgan fingerprint density at radius 2 is 1.77 bits per heavy atom. The largest absolute Gasteiger partial charge is 0.492 e. The first kappa shape index (κ1) is 16.3. The van der Waals surface area contributed by atoms with Gasteiger partial charge in [0.05, 0.1) is 0 Å². The molecule has 0 fully saturated rings. The van der Waals surface area contributed by atoms with Gasteiger partial charge >= 0.3 is 0 Å². The third-order valence-corrected chi connectivity index (χ3v) is 3.10. The minimum Gasteiger partial charge on any atom is -0.492 e. The Kier molecular flexibility index (Phi) is 6.74. The lowest BCUT2D eigenvalue weighted by Gasteiger charge is -2.13. The summed E-state index contributed by atoms with van der Waals surface area (Å²) in [6.07, 6.45) is -0.542. The van der Waals surface area contributed by atoms with Gasteiger partial charge in [-0.1, -0.05) is 30.3 Å². The van der Waals surface area contributed by atoms with E-state index in [1.165, 1.54) is 5.56 Å². The highest BCUT2D eigenvalue weighted by molar-refractivity contribution is 5.27. The van der Waals surface area contributed by atoms with Crippen molar-refractivity contribution in [3.63, 3.8) is 0 Å². The molecule has 0 radical (unpaired) electrons. The van der Waals surface area contributed by atoms with Gasteiger partial charge in [-0.25, -0.2) is 0 Å². The number of aliphatic hydroxyl groups excluding tert-OH is 1. The lowest BCUT2D eigenvalue weighted by atomic mass is 10.2. The average molecular weight is 301 g/mol. The number of hydrogen-bond acceptors (Lipinski definition) is 4. The van der Waals surface area contributed by atoms with Crippen LogP contribution in [0.15, 0.2) is 54.6 Å². The topological polar surface area (TPSA) is 50.7 Å². The van der Waals surface area contributed by atoms with E-state index in [2.05, 4.69) is 5.32 Å². The van der Waals surface area contributed by atoms with Gasteiger partial charge < -0.3 is 19.9 Å². The van der Waals surface area contributed by atoms with Gasteiger partial charge in [0.25, 0.3) is 0 Å². The van der Waals surface area contributed by atoms with E-state index >= 15 is 0 Å². The second-order valence-electron chi connectivity index (χ2n) is 5.15. The SMILES string of the molecule is Cc1cccc(OCCNC[C@H](O)COc2ccccc2)c1. The number of aryl methyl sites for hydroxylation is 1. The van der Waals surface area contributed by atoms with E-state index in [0.717, 1.165) is 11.5 Å². The van der Waals surface area contributed by atoms with Gasteiger partial charge in [0.15, 0.2) is 0 Å². The van der Waals surface area contributed by atoms with E-state index in [4.69, 9.17) is 9.47 Å². The molecule has 4 nitrogen and oxygen atoms in total. The molecule has 4 heteroatoms. The molecule has 0 amide bonds. The summed E-state index contributed by atoms with van der Waals surface area (Å²) >= 11 is 0. The fraction of sp³-hybridized carbons (Fsp3) is 0.333. The molecule has 0 saturated carbocycles. The zero-order valence-electron chi connectivity index (χ0n) is 12.9. The van der Waals surface area contributed by atoms with Crippen molar-refractivity contribution in [1.29, 1.82) is 0 Å². The zero-order valence-corrected chi connectivity index (χ0v) is 12.9. The maximum Gasteiger partial charge on any atom is 0.119 e. The molecule has 118 valence electrons. The Morgan fingerprint density at radius 1 is 1.00 bits per heavy atom.